The van der Waals surface area contributed by atoms with Gasteiger partial charge in [-0.25, -0.2) is 0 Å². The maximum atomic E-state index is 13.1. The van der Waals surface area contributed by atoms with E-state index in [2.05, 4.69) is 22.2 Å². The second-order valence-corrected chi connectivity index (χ2v) is 8.27. The van der Waals surface area contributed by atoms with Gasteiger partial charge in [0.2, 0.25) is 11.9 Å². The highest BCUT2D eigenvalue weighted by atomic mass is 35.5. The maximum absolute atomic E-state index is 13.1. The quantitative estimate of drug-likeness (QED) is 0.754. The van der Waals surface area contributed by atoms with Crippen LogP contribution in [0.3, 0.4) is 0 Å². The average molecular weight is 432 g/mol. The number of fused-ring (bicyclic) bond motifs is 1. The number of carbonyl (C=O) groups is 1. The molecular weight excluding hydrogens is 413 g/mol. The Morgan fingerprint density at radius 3 is 2.76 bits per heavy atom. The molecule has 3 heterocycles. The number of hydrogen-bond donors (Lipinski definition) is 2. The molecule has 2 aliphatic rings. The molecule has 9 heteroatoms. The summed E-state index contributed by atoms with van der Waals surface area (Å²) in [6, 6.07) is 7.03. The minimum Gasteiger partial charge on any atom is -0.340 e. The van der Waals surface area contributed by atoms with Crippen molar-refractivity contribution in [3.63, 3.8) is 0 Å². The number of hydrogen-bond acceptors (Lipinski definition) is 5. The highest BCUT2D eigenvalue weighted by Gasteiger charge is 2.41. The summed E-state index contributed by atoms with van der Waals surface area (Å²) >= 11 is 12.3. The molecule has 3 atom stereocenters. The van der Waals surface area contributed by atoms with E-state index in [0.717, 1.165) is 25.8 Å². The highest BCUT2D eigenvalue weighted by molar-refractivity contribution is 6.35. The first kappa shape index (κ1) is 19.7. The first-order chi connectivity index (χ1) is 13.9. The smallest absolute Gasteiger partial charge is 0.258 e. The van der Waals surface area contributed by atoms with Gasteiger partial charge in [-0.2, -0.15) is 10.2 Å². The molecule has 2 aliphatic heterocycles. The molecule has 3 unspecified atom stereocenters. The predicted octanol–water partition coefficient (Wildman–Crippen LogP) is 3.68. The number of aromatic nitrogens is 2. The Balaban J connectivity index is 1.87. The van der Waals surface area contributed by atoms with Crippen LogP contribution in [0, 0.1) is 17.2 Å². The Labute approximate surface area is 177 Å². The summed E-state index contributed by atoms with van der Waals surface area (Å²) < 4.78 is 0. The van der Waals surface area contributed by atoms with E-state index in [1.165, 1.54) is 6.07 Å². The van der Waals surface area contributed by atoms with Crippen LogP contribution in [0.4, 0.5) is 11.8 Å². The number of amides is 1. The molecule has 0 spiro atoms. The van der Waals surface area contributed by atoms with E-state index >= 15 is 0 Å². The highest BCUT2D eigenvalue weighted by Crippen LogP contribution is 2.41. The molecule has 2 aromatic rings. The lowest BCUT2D eigenvalue weighted by molar-refractivity contribution is -0.119. The first-order valence-corrected chi connectivity index (χ1v) is 10.2. The van der Waals surface area contributed by atoms with Gasteiger partial charge < -0.3 is 10.2 Å². The molecule has 4 rings (SSSR count). The number of halogens is 2. The lowest BCUT2D eigenvalue weighted by Crippen LogP contribution is -2.42. The molecule has 0 bridgehead atoms. The summed E-state index contributed by atoms with van der Waals surface area (Å²) in [6.07, 6.45) is 3.15. The van der Waals surface area contributed by atoms with Crippen molar-refractivity contribution in [2.24, 2.45) is 5.92 Å². The zero-order valence-electron chi connectivity index (χ0n) is 15.7. The molecule has 1 fully saturated rings. The van der Waals surface area contributed by atoms with Crippen LogP contribution in [0.2, 0.25) is 10.0 Å². The number of carbonyl (C=O) groups excluding carboxylic acids is 1. The fourth-order valence-electron chi connectivity index (χ4n) is 4.14. The molecule has 1 aromatic carbocycles. The van der Waals surface area contributed by atoms with Crippen molar-refractivity contribution in [3.8, 4) is 6.07 Å². The molecule has 1 amide bonds. The van der Waals surface area contributed by atoms with Crippen LogP contribution >= 0.6 is 23.2 Å². The van der Waals surface area contributed by atoms with E-state index in [9.17, 15) is 14.9 Å². The summed E-state index contributed by atoms with van der Waals surface area (Å²) in [5.74, 6) is -1.85. The summed E-state index contributed by atoms with van der Waals surface area (Å²) in [7, 11) is 0. The minimum atomic E-state index is -1.11. The van der Waals surface area contributed by atoms with Crippen LogP contribution in [0.15, 0.2) is 23.0 Å². The number of nitrogens with zero attached hydrogens (tertiary/aromatic N) is 3. The van der Waals surface area contributed by atoms with Gasteiger partial charge in [0, 0.05) is 28.5 Å². The predicted molar refractivity (Wildman–Crippen MR) is 112 cm³/mol. The maximum Gasteiger partial charge on any atom is 0.258 e. The van der Waals surface area contributed by atoms with Crippen LogP contribution in [0.5, 0.6) is 0 Å². The van der Waals surface area contributed by atoms with Crippen LogP contribution in [0.25, 0.3) is 0 Å². The van der Waals surface area contributed by atoms with E-state index < -0.39 is 17.7 Å². The number of anilines is 2. The van der Waals surface area contributed by atoms with Crippen molar-refractivity contribution in [2.45, 2.75) is 38.1 Å². The van der Waals surface area contributed by atoms with Crippen LogP contribution in [-0.2, 0) is 4.79 Å². The number of H-pyrrole nitrogens is 1. The SMILES string of the molecule is CC1CCCCN1c1nc2c(c(=O)[nH]1)C(c1ccc(Cl)cc1Cl)C(C#N)C(=O)N2. The van der Waals surface area contributed by atoms with Gasteiger partial charge in [0.1, 0.15) is 11.7 Å². The molecule has 7 nitrogen and oxygen atoms in total. The van der Waals surface area contributed by atoms with E-state index in [1.54, 1.807) is 12.1 Å². The number of nitriles is 1. The van der Waals surface area contributed by atoms with Crippen molar-refractivity contribution in [3.05, 3.63) is 49.7 Å². The zero-order valence-corrected chi connectivity index (χ0v) is 17.2. The van der Waals surface area contributed by atoms with Crippen molar-refractivity contribution in [2.75, 3.05) is 16.8 Å². The molecule has 2 N–H and O–H groups in total. The molecule has 1 saturated heterocycles. The van der Waals surface area contributed by atoms with Crippen molar-refractivity contribution < 1.29 is 4.79 Å². The van der Waals surface area contributed by atoms with E-state index in [0.29, 0.717) is 16.5 Å². The first-order valence-electron chi connectivity index (χ1n) is 9.47. The fraction of sp³-hybridized carbons (Fsp3) is 0.400. The van der Waals surface area contributed by atoms with Gasteiger partial charge >= 0.3 is 0 Å². The van der Waals surface area contributed by atoms with Gasteiger partial charge in [-0.05, 0) is 43.9 Å². The Kier molecular flexibility index (Phi) is 5.24. The van der Waals surface area contributed by atoms with Crippen molar-refractivity contribution >= 4 is 40.9 Å². The summed E-state index contributed by atoms with van der Waals surface area (Å²) in [4.78, 5) is 35.2. The molecule has 0 radical (unpaired) electrons. The topological polar surface area (TPSA) is 102 Å². The van der Waals surface area contributed by atoms with Crippen LogP contribution in [0.1, 0.15) is 43.2 Å². The molecule has 0 saturated carbocycles. The number of aromatic amines is 1. The van der Waals surface area contributed by atoms with Crippen LogP contribution < -0.4 is 15.8 Å². The third-order valence-corrected chi connectivity index (χ3v) is 6.19. The third-order valence-electron chi connectivity index (χ3n) is 5.62. The molecule has 150 valence electrons. The molecule has 29 heavy (non-hydrogen) atoms. The Hall–Kier alpha value is -2.56. The summed E-state index contributed by atoms with van der Waals surface area (Å²) in [5, 5.41) is 13.0. The molecule has 0 aliphatic carbocycles. The number of nitrogens with one attached hydrogen (secondary N) is 2. The van der Waals surface area contributed by atoms with Gasteiger partial charge in [0.15, 0.2) is 0 Å². The van der Waals surface area contributed by atoms with E-state index in [4.69, 9.17) is 23.2 Å². The van der Waals surface area contributed by atoms with E-state index in [1.807, 2.05) is 11.0 Å². The van der Waals surface area contributed by atoms with Crippen LogP contribution in [-0.4, -0.2) is 28.5 Å². The number of piperidine rings is 1. The number of benzene rings is 1. The fourth-order valence-corrected chi connectivity index (χ4v) is 4.66. The van der Waals surface area contributed by atoms with Gasteiger partial charge in [-0.15, -0.1) is 0 Å². The largest absolute Gasteiger partial charge is 0.340 e. The third kappa shape index (κ3) is 3.47. The second-order valence-electron chi connectivity index (χ2n) is 7.43. The minimum absolute atomic E-state index is 0.175. The lowest BCUT2D eigenvalue weighted by Gasteiger charge is -2.35. The van der Waals surface area contributed by atoms with Crippen molar-refractivity contribution in [1.82, 2.24) is 9.97 Å². The Morgan fingerprint density at radius 2 is 2.07 bits per heavy atom. The van der Waals surface area contributed by atoms with Gasteiger partial charge in [0.05, 0.1) is 11.6 Å². The van der Waals surface area contributed by atoms with Gasteiger partial charge in [0.25, 0.3) is 5.56 Å². The summed E-state index contributed by atoms with van der Waals surface area (Å²) in [6.45, 7) is 2.86. The Bertz CT molecular complexity index is 1080. The van der Waals surface area contributed by atoms with Gasteiger partial charge in [-0.1, -0.05) is 29.3 Å². The monoisotopic (exact) mass is 431 g/mol. The average Bonchev–Trinajstić information content (AvgIpc) is 2.67. The standard InChI is InChI=1S/C20H19Cl2N5O2/c1-10-4-2-3-7-27(10)20-25-17-16(19(29)26-20)15(13(9-23)18(28)24-17)12-6-5-11(21)8-14(12)22/h5-6,8,10,13,15H,2-4,7H2,1H3,(H2,24,25,26,28,29). The lowest BCUT2D eigenvalue weighted by atomic mass is 9.79. The second kappa shape index (κ2) is 7.69. The zero-order chi connectivity index (χ0) is 20.7. The normalized spacial score (nSPS) is 23.9. The van der Waals surface area contributed by atoms with E-state index in [-0.39, 0.29) is 28.0 Å². The molecular formula is C20H19Cl2N5O2. The molecule has 1 aromatic heterocycles. The Morgan fingerprint density at radius 1 is 1.28 bits per heavy atom. The summed E-state index contributed by atoms with van der Waals surface area (Å²) in [5.41, 5.74) is 0.331. The van der Waals surface area contributed by atoms with Crippen molar-refractivity contribution in [1.29, 1.82) is 5.26 Å². The van der Waals surface area contributed by atoms with Gasteiger partial charge in [-0.3, -0.25) is 14.6 Å². The number of rotatable bonds is 2.